The first-order valence-electron chi connectivity index (χ1n) is 7.90. The molecule has 3 rings (SSSR count). The Morgan fingerprint density at radius 2 is 2.00 bits per heavy atom. The second kappa shape index (κ2) is 6.88. The third-order valence-electron chi connectivity index (χ3n) is 4.13. The number of hydrogen-bond acceptors (Lipinski definition) is 4. The zero-order chi connectivity index (χ0) is 17.2. The molecule has 1 fully saturated rings. The van der Waals surface area contributed by atoms with E-state index in [1.54, 1.807) is 4.90 Å². The number of benzene rings is 1. The summed E-state index contributed by atoms with van der Waals surface area (Å²) in [4.78, 5) is 13.9. The highest BCUT2D eigenvalue weighted by atomic mass is 19.4. The van der Waals surface area contributed by atoms with E-state index >= 15 is 0 Å². The normalized spacial score (nSPS) is 20.3. The maximum absolute atomic E-state index is 12.2. The molecule has 2 heterocycles. The van der Waals surface area contributed by atoms with Gasteiger partial charge in [-0.25, -0.2) is 0 Å². The molecule has 1 saturated heterocycles. The van der Waals surface area contributed by atoms with Crippen molar-refractivity contribution in [3.8, 4) is 11.5 Å². The summed E-state index contributed by atoms with van der Waals surface area (Å²) in [7, 11) is 0. The summed E-state index contributed by atoms with van der Waals surface area (Å²) in [6, 6.07) is 5.41. The van der Waals surface area contributed by atoms with Crippen LogP contribution in [-0.4, -0.2) is 49.8 Å². The van der Waals surface area contributed by atoms with Gasteiger partial charge in [-0.05, 0) is 30.5 Å². The van der Waals surface area contributed by atoms with Crippen LogP contribution in [-0.2, 0) is 4.79 Å². The lowest BCUT2D eigenvalue weighted by atomic mass is 10.0. The van der Waals surface area contributed by atoms with Crippen molar-refractivity contribution in [3.05, 3.63) is 23.8 Å². The van der Waals surface area contributed by atoms with Crippen LogP contribution < -0.4 is 14.8 Å². The number of halogens is 3. The number of rotatable bonds is 4. The standard InChI is InChI=1S/C16H19F3N2O3/c17-16(18,19)10-20-9-15(22)21-5-1-2-12(21)11-3-4-13-14(8-11)24-7-6-23-13/h3-4,8,12,20H,1-2,5-7,9-10H2/t12-/m0/s1. The third kappa shape index (κ3) is 3.92. The zero-order valence-corrected chi connectivity index (χ0v) is 13.1. The highest BCUT2D eigenvalue weighted by Gasteiger charge is 2.32. The van der Waals surface area contributed by atoms with Crippen LogP contribution in [0.1, 0.15) is 24.4 Å². The number of alkyl halides is 3. The van der Waals surface area contributed by atoms with E-state index in [1.807, 2.05) is 18.2 Å². The van der Waals surface area contributed by atoms with Gasteiger partial charge in [0.25, 0.3) is 0 Å². The number of nitrogens with one attached hydrogen (secondary N) is 1. The maximum atomic E-state index is 12.2. The first kappa shape index (κ1) is 16.9. The summed E-state index contributed by atoms with van der Waals surface area (Å²) in [6.45, 7) is 0.0455. The second-order valence-electron chi connectivity index (χ2n) is 5.87. The first-order chi connectivity index (χ1) is 11.4. The van der Waals surface area contributed by atoms with Crippen LogP contribution in [0.4, 0.5) is 13.2 Å². The van der Waals surface area contributed by atoms with Crippen LogP contribution in [0.3, 0.4) is 0 Å². The molecule has 0 saturated carbocycles. The summed E-state index contributed by atoms with van der Waals surface area (Å²) in [5.41, 5.74) is 0.918. The van der Waals surface area contributed by atoms with Gasteiger partial charge in [-0.1, -0.05) is 6.07 Å². The van der Waals surface area contributed by atoms with Crippen LogP contribution in [0.25, 0.3) is 0 Å². The maximum Gasteiger partial charge on any atom is 0.401 e. The van der Waals surface area contributed by atoms with Gasteiger partial charge in [0.2, 0.25) is 5.91 Å². The van der Waals surface area contributed by atoms with Crippen LogP contribution in [0.2, 0.25) is 0 Å². The van der Waals surface area contributed by atoms with Crippen LogP contribution in [0.15, 0.2) is 18.2 Å². The Labute approximate surface area is 137 Å². The van der Waals surface area contributed by atoms with Crippen molar-refractivity contribution < 1.29 is 27.4 Å². The number of amides is 1. The molecule has 1 aromatic carbocycles. The summed E-state index contributed by atoms with van der Waals surface area (Å²) < 4.78 is 47.6. The Morgan fingerprint density at radius 1 is 1.25 bits per heavy atom. The fraction of sp³-hybridized carbons (Fsp3) is 0.562. The average molecular weight is 344 g/mol. The number of likely N-dealkylation sites (tertiary alicyclic amines) is 1. The molecule has 0 aromatic heterocycles. The summed E-state index contributed by atoms with van der Waals surface area (Å²) in [5, 5.41) is 2.16. The highest BCUT2D eigenvalue weighted by molar-refractivity contribution is 5.79. The quantitative estimate of drug-likeness (QED) is 0.910. The van der Waals surface area contributed by atoms with Crippen molar-refractivity contribution in [2.45, 2.75) is 25.1 Å². The number of hydrogen-bond donors (Lipinski definition) is 1. The third-order valence-corrected chi connectivity index (χ3v) is 4.13. The first-order valence-corrected chi connectivity index (χ1v) is 7.90. The minimum Gasteiger partial charge on any atom is -0.486 e. The lowest BCUT2D eigenvalue weighted by Crippen LogP contribution is -2.40. The van der Waals surface area contributed by atoms with Crippen molar-refractivity contribution >= 4 is 5.91 Å². The molecule has 1 aromatic rings. The predicted molar refractivity (Wildman–Crippen MR) is 80.0 cm³/mol. The molecule has 8 heteroatoms. The molecule has 132 valence electrons. The SMILES string of the molecule is O=C(CNCC(F)(F)F)N1CCC[C@H]1c1ccc2c(c1)OCCO2. The Hall–Kier alpha value is -1.96. The minimum atomic E-state index is -4.32. The molecule has 24 heavy (non-hydrogen) atoms. The second-order valence-corrected chi connectivity index (χ2v) is 5.87. The van der Waals surface area contributed by atoms with Gasteiger partial charge in [-0.15, -0.1) is 0 Å². The van der Waals surface area contributed by atoms with E-state index in [0.717, 1.165) is 18.4 Å². The van der Waals surface area contributed by atoms with Gasteiger partial charge in [0.1, 0.15) is 13.2 Å². The smallest absolute Gasteiger partial charge is 0.401 e. The fourth-order valence-electron chi connectivity index (χ4n) is 3.09. The topological polar surface area (TPSA) is 50.8 Å². The zero-order valence-electron chi connectivity index (χ0n) is 13.1. The van der Waals surface area contributed by atoms with Crippen molar-refractivity contribution in [1.82, 2.24) is 10.2 Å². The fourth-order valence-corrected chi connectivity index (χ4v) is 3.09. The van der Waals surface area contributed by atoms with Crippen LogP contribution in [0, 0.1) is 0 Å². The van der Waals surface area contributed by atoms with Gasteiger partial charge in [0.15, 0.2) is 11.5 Å². The average Bonchev–Trinajstić information content (AvgIpc) is 3.03. The van der Waals surface area contributed by atoms with E-state index in [9.17, 15) is 18.0 Å². The molecule has 0 spiro atoms. The molecule has 0 unspecified atom stereocenters. The molecule has 1 N–H and O–H groups in total. The number of nitrogens with zero attached hydrogens (tertiary/aromatic N) is 1. The number of fused-ring (bicyclic) bond motifs is 1. The van der Waals surface area contributed by atoms with Gasteiger partial charge in [0.05, 0.1) is 19.1 Å². The molecule has 5 nitrogen and oxygen atoms in total. The van der Waals surface area contributed by atoms with Gasteiger partial charge >= 0.3 is 6.18 Å². The van der Waals surface area contributed by atoms with Gasteiger partial charge in [-0.3, -0.25) is 4.79 Å². The van der Waals surface area contributed by atoms with Gasteiger partial charge in [-0.2, -0.15) is 13.2 Å². The van der Waals surface area contributed by atoms with E-state index in [-0.39, 0.29) is 18.5 Å². The number of ether oxygens (including phenoxy) is 2. The van der Waals surface area contributed by atoms with E-state index in [4.69, 9.17) is 9.47 Å². The molecule has 0 bridgehead atoms. The molecule has 1 amide bonds. The predicted octanol–water partition coefficient (Wildman–Crippen LogP) is 2.27. The lowest BCUT2D eigenvalue weighted by Gasteiger charge is -2.27. The highest BCUT2D eigenvalue weighted by Crippen LogP contribution is 2.38. The molecular weight excluding hydrogens is 325 g/mol. The van der Waals surface area contributed by atoms with Crippen molar-refractivity contribution in [1.29, 1.82) is 0 Å². The molecular formula is C16H19F3N2O3. The van der Waals surface area contributed by atoms with Gasteiger partial charge < -0.3 is 19.7 Å². The number of carbonyl (C=O) groups is 1. The molecule has 2 aliphatic heterocycles. The van der Waals surface area contributed by atoms with E-state index in [1.165, 1.54) is 0 Å². The van der Waals surface area contributed by atoms with Crippen molar-refractivity contribution in [2.75, 3.05) is 32.8 Å². The minimum absolute atomic E-state index is 0.138. The number of carbonyl (C=O) groups excluding carboxylic acids is 1. The Kier molecular flexibility index (Phi) is 4.84. The van der Waals surface area contributed by atoms with E-state index in [2.05, 4.69) is 5.32 Å². The Balaban J connectivity index is 1.65. The van der Waals surface area contributed by atoms with E-state index in [0.29, 0.717) is 31.3 Å². The van der Waals surface area contributed by atoms with Crippen LogP contribution in [0.5, 0.6) is 11.5 Å². The Morgan fingerprint density at radius 3 is 2.75 bits per heavy atom. The Bertz CT molecular complexity index is 607. The molecule has 1 atom stereocenters. The van der Waals surface area contributed by atoms with Crippen molar-refractivity contribution in [3.63, 3.8) is 0 Å². The van der Waals surface area contributed by atoms with Crippen molar-refractivity contribution in [2.24, 2.45) is 0 Å². The summed E-state index contributed by atoms with van der Waals surface area (Å²) in [5.74, 6) is 0.998. The van der Waals surface area contributed by atoms with E-state index < -0.39 is 12.7 Å². The summed E-state index contributed by atoms with van der Waals surface area (Å²) in [6.07, 6.45) is -2.71. The van der Waals surface area contributed by atoms with Crippen LogP contribution >= 0.6 is 0 Å². The largest absolute Gasteiger partial charge is 0.486 e. The lowest BCUT2D eigenvalue weighted by molar-refractivity contribution is -0.134. The molecule has 2 aliphatic rings. The molecule has 0 aliphatic carbocycles. The van der Waals surface area contributed by atoms with Gasteiger partial charge in [0, 0.05) is 6.54 Å². The summed E-state index contributed by atoms with van der Waals surface area (Å²) >= 11 is 0. The molecule has 0 radical (unpaired) electrons. The monoisotopic (exact) mass is 344 g/mol.